The number of aromatic nitrogens is 1. The van der Waals surface area contributed by atoms with E-state index in [9.17, 15) is 9.50 Å². The first-order chi connectivity index (χ1) is 11.6. The molecule has 2 aromatic carbocycles. The Balaban J connectivity index is 1.75. The normalized spacial score (nSPS) is 12.5. The molecule has 0 aliphatic carbocycles. The molecule has 0 radical (unpaired) electrons. The maximum Gasteiger partial charge on any atom is 0.133 e. The Bertz CT molecular complexity index is 833. The summed E-state index contributed by atoms with van der Waals surface area (Å²) < 4.78 is 13.9. The van der Waals surface area contributed by atoms with Gasteiger partial charge in [0.25, 0.3) is 0 Å². The lowest BCUT2D eigenvalue weighted by atomic mass is 10.1. The van der Waals surface area contributed by atoms with Crippen LogP contribution in [-0.4, -0.2) is 22.0 Å². The number of halogens is 1. The summed E-state index contributed by atoms with van der Waals surface area (Å²) in [7, 11) is 1.99. The molecule has 1 heterocycles. The lowest BCUT2D eigenvalue weighted by Gasteiger charge is -2.24. The minimum Gasteiger partial charge on any atom is -0.508 e. The van der Waals surface area contributed by atoms with Crippen LogP contribution in [-0.2, 0) is 6.54 Å². The molecular formula is C19H19FN2OS. The molecular weight excluding hydrogens is 323 g/mol. The third kappa shape index (κ3) is 3.47. The van der Waals surface area contributed by atoms with Crippen LogP contribution in [0.2, 0.25) is 0 Å². The van der Waals surface area contributed by atoms with Gasteiger partial charge in [-0.2, -0.15) is 0 Å². The van der Waals surface area contributed by atoms with E-state index in [0.29, 0.717) is 22.9 Å². The third-order valence-corrected chi connectivity index (χ3v) is 5.04. The molecule has 0 aliphatic heterocycles. The number of thiazole rings is 1. The highest BCUT2D eigenvalue weighted by Crippen LogP contribution is 2.30. The molecule has 1 N–H and O–H groups in total. The van der Waals surface area contributed by atoms with E-state index >= 15 is 0 Å². The molecule has 3 nitrogen and oxygen atoms in total. The SMILES string of the molecule is C[C@@H](c1ccccc1O)N(C)Cc1csc(-c2ccccc2F)n1. The van der Waals surface area contributed by atoms with E-state index in [1.54, 1.807) is 18.2 Å². The second kappa shape index (κ2) is 7.11. The van der Waals surface area contributed by atoms with Gasteiger partial charge in [-0.1, -0.05) is 30.3 Å². The van der Waals surface area contributed by atoms with Crippen LogP contribution in [0.4, 0.5) is 4.39 Å². The van der Waals surface area contributed by atoms with Crippen LogP contribution in [0.5, 0.6) is 5.75 Å². The predicted molar refractivity (Wildman–Crippen MR) is 95.5 cm³/mol. The van der Waals surface area contributed by atoms with Gasteiger partial charge in [-0.05, 0) is 32.2 Å². The highest BCUT2D eigenvalue weighted by atomic mass is 32.1. The van der Waals surface area contributed by atoms with Crippen molar-refractivity contribution in [2.45, 2.75) is 19.5 Å². The molecule has 0 amide bonds. The average molecular weight is 342 g/mol. The Morgan fingerprint density at radius 3 is 2.62 bits per heavy atom. The summed E-state index contributed by atoms with van der Waals surface area (Å²) in [5.41, 5.74) is 2.30. The molecule has 0 aliphatic rings. The first kappa shape index (κ1) is 16.6. The summed E-state index contributed by atoms with van der Waals surface area (Å²) >= 11 is 1.44. The van der Waals surface area contributed by atoms with Gasteiger partial charge < -0.3 is 5.11 Å². The number of rotatable bonds is 5. The molecule has 0 unspecified atom stereocenters. The second-order valence-corrected chi connectivity index (χ2v) is 6.63. The molecule has 24 heavy (non-hydrogen) atoms. The third-order valence-electron chi connectivity index (χ3n) is 4.12. The van der Waals surface area contributed by atoms with Gasteiger partial charge in [0.15, 0.2) is 0 Å². The predicted octanol–water partition coefficient (Wildman–Crippen LogP) is 4.85. The first-order valence-electron chi connectivity index (χ1n) is 7.73. The van der Waals surface area contributed by atoms with E-state index in [0.717, 1.165) is 11.3 Å². The van der Waals surface area contributed by atoms with E-state index in [-0.39, 0.29) is 11.9 Å². The van der Waals surface area contributed by atoms with E-state index in [1.165, 1.54) is 17.4 Å². The Kier molecular flexibility index (Phi) is 4.92. The van der Waals surface area contributed by atoms with Crippen LogP contribution in [0, 0.1) is 5.82 Å². The van der Waals surface area contributed by atoms with Crippen molar-refractivity contribution in [3.8, 4) is 16.3 Å². The van der Waals surface area contributed by atoms with Crippen molar-refractivity contribution >= 4 is 11.3 Å². The Morgan fingerprint density at radius 1 is 1.17 bits per heavy atom. The molecule has 1 aromatic heterocycles. The van der Waals surface area contributed by atoms with Gasteiger partial charge in [0, 0.05) is 29.1 Å². The van der Waals surface area contributed by atoms with Gasteiger partial charge >= 0.3 is 0 Å². The maximum atomic E-state index is 13.9. The smallest absolute Gasteiger partial charge is 0.133 e. The van der Waals surface area contributed by atoms with Crippen molar-refractivity contribution < 1.29 is 9.50 Å². The van der Waals surface area contributed by atoms with Crippen LogP contribution in [0.3, 0.4) is 0 Å². The molecule has 0 saturated heterocycles. The fourth-order valence-corrected chi connectivity index (χ4v) is 3.45. The number of benzene rings is 2. The first-order valence-corrected chi connectivity index (χ1v) is 8.61. The molecule has 0 fully saturated rings. The zero-order chi connectivity index (χ0) is 17.1. The summed E-state index contributed by atoms with van der Waals surface area (Å²) in [6, 6.07) is 14.1. The van der Waals surface area contributed by atoms with Crippen molar-refractivity contribution in [3.05, 3.63) is 71.0 Å². The van der Waals surface area contributed by atoms with Gasteiger partial charge in [0.1, 0.15) is 16.6 Å². The molecule has 1 atom stereocenters. The molecule has 5 heteroatoms. The van der Waals surface area contributed by atoms with Crippen molar-refractivity contribution in [3.63, 3.8) is 0 Å². The van der Waals surface area contributed by atoms with Gasteiger partial charge in [0.05, 0.1) is 5.69 Å². The van der Waals surface area contributed by atoms with Crippen molar-refractivity contribution in [2.75, 3.05) is 7.05 Å². The van der Waals surface area contributed by atoms with E-state index < -0.39 is 0 Å². The fraction of sp³-hybridized carbons (Fsp3) is 0.211. The largest absolute Gasteiger partial charge is 0.508 e. The highest BCUT2D eigenvalue weighted by Gasteiger charge is 2.17. The Hall–Kier alpha value is -2.24. The van der Waals surface area contributed by atoms with E-state index in [4.69, 9.17) is 0 Å². The zero-order valence-electron chi connectivity index (χ0n) is 13.6. The molecule has 124 valence electrons. The summed E-state index contributed by atoms with van der Waals surface area (Å²) in [4.78, 5) is 6.66. The zero-order valence-corrected chi connectivity index (χ0v) is 14.4. The van der Waals surface area contributed by atoms with Crippen LogP contribution >= 0.6 is 11.3 Å². The Morgan fingerprint density at radius 2 is 1.88 bits per heavy atom. The monoisotopic (exact) mass is 342 g/mol. The van der Waals surface area contributed by atoms with Crippen LogP contribution < -0.4 is 0 Å². The lowest BCUT2D eigenvalue weighted by Crippen LogP contribution is -2.22. The van der Waals surface area contributed by atoms with Gasteiger partial charge in [-0.15, -0.1) is 11.3 Å². The van der Waals surface area contributed by atoms with Gasteiger partial charge in [-0.25, -0.2) is 9.37 Å². The lowest BCUT2D eigenvalue weighted by molar-refractivity contribution is 0.246. The number of nitrogens with zero attached hydrogens (tertiary/aromatic N) is 2. The maximum absolute atomic E-state index is 13.9. The molecule has 3 rings (SSSR count). The van der Waals surface area contributed by atoms with Crippen molar-refractivity contribution in [1.29, 1.82) is 0 Å². The molecule has 3 aromatic rings. The summed E-state index contributed by atoms with van der Waals surface area (Å²) in [6.45, 7) is 2.67. The fourth-order valence-electron chi connectivity index (χ4n) is 2.61. The number of para-hydroxylation sites is 1. The summed E-state index contributed by atoms with van der Waals surface area (Å²) in [5, 5.41) is 12.6. The van der Waals surface area contributed by atoms with E-state index in [2.05, 4.69) is 9.88 Å². The number of phenolic OH excluding ortho intramolecular Hbond substituents is 1. The standard InChI is InChI=1S/C19H19FN2OS/c1-13(15-7-4-6-10-18(15)23)22(2)11-14-12-24-19(21-14)16-8-3-5-9-17(16)20/h3-10,12-13,23H,11H2,1-2H3/t13-/m0/s1. The van der Waals surface area contributed by atoms with Crippen LogP contribution in [0.1, 0.15) is 24.2 Å². The number of phenols is 1. The van der Waals surface area contributed by atoms with Gasteiger partial charge in [-0.3, -0.25) is 4.90 Å². The summed E-state index contributed by atoms with van der Waals surface area (Å²) in [5.74, 6) is 0.0384. The van der Waals surface area contributed by atoms with Crippen molar-refractivity contribution in [2.24, 2.45) is 0 Å². The minimum atomic E-state index is -0.255. The average Bonchev–Trinajstić information content (AvgIpc) is 3.03. The second-order valence-electron chi connectivity index (χ2n) is 5.77. The van der Waals surface area contributed by atoms with Crippen LogP contribution in [0.15, 0.2) is 53.9 Å². The van der Waals surface area contributed by atoms with Crippen LogP contribution in [0.25, 0.3) is 10.6 Å². The molecule has 0 bridgehead atoms. The number of hydrogen-bond donors (Lipinski definition) is 1. The molecule has 0 saturated carbocycles. The van der Waals surface area contributed by atoms with Crippen molar-refractivity contribution in [1.82, 2.24) is 9.88 Å². The van der Waals surface area contributed by atoms with Gasteiger partial charge in [0.2, 0.25) is 0 Å². The molecule has 0 spiro atoms. The Labute approximate surface area is 145 Å². The topological polar surface area (TPSA) is 36.4 Å². The van der Waals surface area contributed by atoms with E-state index in [1.807, 2.05) is 43.6 Å². The quantitative estimate of drug-likeness (QED) is 0.720. The summed E-state index contributed by atoms with van der Waals surface area (Å²) in [6.07, 6.45) is 0. The number of aromatic hydroxyl groups is 1. The highest BCUT2D eigenvalue weighted by molar-refractivity contribution is 7.13. The minimum absolute atomic E-state index is 0.0461. The number of hydrogen-bond acceptors (Lipinski definition) is 4.